The molecule has 0 bridgehead atoms. The van der Waals surface area contributed by atoms with Crippen molar-refractivity contribution >= 4 is 34.5 Å². The number of benzene rings is 2. The van der Waals surface area contributed by atoms with Gasteiger partial charge in [0.05, 0.1) is 23.4 Å². The van der Waals surface area contributed by atoms with Gasteiger partial charge in [0.25, 0.3) is 0 Å². The van der Waals surface area contributed by atoms with Gasteiger partial charge in [0, 0.05) is 24.5 Å². The number of para-hydroxylation sites is 1. The molecule has 2 aromatic heterocycles. The maximum absolute atomic E-state index is 14.1. The minimum atomic E-state index is -0.994. The van der Waals surface area contributed by atoms with Crippen LogP contribution in [0, 0.1) is 0 Å². The van der Waals surface area contributed by atoms with Crippen LogP contribution in [-0.2, 0) is 27.9 Å². The van der Waals surface area contributed by atoms with Crippen molar-refractivity contribution in [2.75, 3.05) is 11.5 Å². The fraction of sp³-hybridized carbons (Fsp3) is 0.345. The van der Waals surface area contributed by atoms with E-state index in [0.717, 1.165) is 0 Å². The number of hydrogen-bond donors (Lipinski definition) is 1. The average Bonchev–Trinajstić information content (AvgIpc) is 3.53. The molecule has 0 unspecified atom stereocenters. The number of carbonyl (C=O) groups is 3. The van der Waals surface area contributed by atoms with Gasteiger partial charge in [-0.1, -0.05) is 24.3 Å². The summed E-state index contributed by atoms with van der Waals surface area (Å²) in [6.45, 7) is 7.71. The van der Waals surface area contributed by atoms with Crippen molar-refractivity contribution < 1.29 is 19.1 Å². The minimum Gasteiger partial charge on any atom is -0.462 e. The summed E-state index contributed by atoms with van der Waals surface area (Å²) in [5, 5.41) is 11.4. The maximum Gasteiger partial charge on any atom is 0.338 e. The van der Waals surface area contributed by atoms with Crippen molar-refractivity contribution in [3.8, 4) is 0 Å². The second kappa shape index (κ2) is 11.5. The van der Waals surface area contributed by atoms with Crippen LogP contribution in [0.5, 0.6) is 0 Å². The van der Waals surface area contributed by atoms with Crippen LogP contribution in [0.4, 0.5) is 5.69 Å². The molecule has 10 nitrogen and oxygen atoms in total. The van der Waals surface area contributed by atoms with Gasteiger partial charge < -0.3 is 14.6 Å². The minimum absolute atomic E-state index is 0.147. The molecular weight excluding hydrogens is 496 g/mol. The van der Waals surface area contributed by atoms with Gasteiger partial charge in [-0.3, -0.25) is 14.5 Å². The fourth-order valence-electron chi connectivity index (χ4n) is 4.28. The number of nitrogens with zero attached hydrogens (tertiary/aromatic N) is 5. The van der Waals surface area contributed by atoms with Crippen molar-refractivity contribution in [2.24, 2.45) is 7.05 Å². The van der Waals surface area contributed by atoms with E-state index < -0.39 is 17.6 Å². The van der Waals surface area contributed by atoms with Gasteiger partial charge in [0.1, 0.15) is 12.1 Å². The third-order valence-electron chi connectivity index (χ3n) is 6.75. The Bertz CT molecular complexity index is 1470. The molecule has 0 spiro atoms. The highest BCUT2D eigenvalue weighted by Crippen LogP contribution is 2.30. The molecule has 0 saturated carbocycles. The third-order valence-corrected chi connectivity index (χ3v) is 6.75. The van der Waals surface area contributed by atoms with Gasteiger partial charge >= 0.3 is 5.97 Å². The Hall–Kier alpha value is -4.47. The molecule has 2 amide bonds. The summed E-state index contributed by atoms with van der Waals surface area (Å²) >= 11 is 0. The molecule has 2 aromatic carbocycles. The third kappa shape index (κ3) is 6.00. The Morgan fingerprint density at radius 3 is 2.38 bits per heavy atom. The second-order valence-corrected chi connectivity index (χ2v) is 9.94. The lowest BCUT2D eigenvalue weighted by atomic mass is 10.00. The number of nitrogens with one attached hydrogen (secondary N) is 1. The first kappa shape index (κ1) is 27.6. The van der Waals surface area contributed by atoms with E-state index in [-0.39, 0.29) is 25.0 Å². The largest absolute Gasteiger partial charge is 0.462 e. The predicted octanol–water partition coefficient (Wildman–Crippen LogP) is 4.03. The number of amides is 2. The number of aromatic nitrogens is 4. The van der Waals surface area contributed by atoms with Crippen LogP contribution in [0.1, 0.15) is 56.2 Å². The lowest BCUT2D eigenvalue weighted by molar-refractivity contribution is -0.128. The summed E-state index contributed by atoms with van der Waals surface area (Å²) in [5.41, 5.74) is 2.30. The summed E-state index contributed by atoms with van der Waals surface area (Å²) in [7, 11) is 1.83. The van der Waals surface area contributed by atoms with Crippen molar-refractivity contribution in [3.63, 3.8) is 0 Å². The molecule has 0 fully saturated rings. The van der Waals surface area contributed by atoms with Crippen molar-refractivity contribution in [3.05, 3.63) is 78.1 Å². The summed E-state index contributed by atoms with van der Waals surface area (Å²) in [4.78, 5) is 41.8. The highest BCUT2D eigenvalue weighted by molar-refractivity contribution is 6.02. The molecule has 0 radical (unpaired) electrons. The van der Waals surface area contributed by atoms with Crippen LogP contribution < -0.4 is 10.2 Å². The molecule has 0 aliphatic carbocycles. The van der Waals surface area contributed by atoms with Crippen LogP contribution >= 0.6 is 0 Å². The van der Waals surface area contributed by atoms with Gasteiger partial charge in [0.2, 0.25) is 11.8 Å². The number of fused-ring (bicyclic) bond motifs is 1. The van der Waals surface area contributed by atoms with Crippen LogP contribution in [0.25, 0.3) is 11.0 Å². The second-order valence-electron chi connectivity index (χ2n) is 9.94. The quantitative estimate of drug-likeness (QED) is 0.310. The summed E-state index contributed by atoms with van der Waals surface area (Å²) in [5.74, 6) is -1.16. The standard InChI is InChI=1S/C29H34N6O4/c1-6-29(3,4)30-27(37)26(24-13-10-18-33(24)5)35(21-16-14-20(15-17-21)28(38)39-7-2)25(36)19-34-23-12-9-8-11-22(23)31-32-34/h8-18,26H,6-7,19H2,1-5H3,(H,30,37)/t26-/m1/s1. The van der Waals surface area contributed by atoms with E-state index in [1.807, 2.05) is 75.0 Å². The smallest absolute Gasteiger partial charge is 0.338 e. The Morgan fingerprint density at radius 2 is 1.74 bits per heavy atom. The Morgan fingerprint density at radius 1 is 1.03 bits per heavy atom. The van der Waals surface area contributed by atoms with E-state index in [2.05, 4.69) is 15.6 Å². The summed E-state index contributed by atoms with van der Waals surface area (Å²) in [6.07, 6.45) is 2.53. The zero-order chi connectivity index (χ0) is 28.2. The first-order chi connectivity index (χ1) is 18.6. The predicted molar refractivity (Wildman–Crippen MR) is 148 cm³/mol. The lowest BCUT2D eigenvalue weighted by Crippen LogP contribution is -2.51. The molecule has 10 heteroatoms. The molecule has 204 valence electrons. The van der Waals surface area contributed by atoms with Crippen LogP contribution in [0.15, 0.2) is 66.9 Å². The summed E-state index contributed by atoms with van der Waals surface area (Å²) in [6, 6.07) is 16.5. The van der Waals surface area contributed by atoms with Crippen LogP contribution in [0.3, 0.4) is 0 Å². The van der Waals surface area contributed by atoms with E-state index >= 15 is 0 Å². The Balaban J connectivity index is 1.81. The number of anilines is 1. The highest BCUT2D eigenvalue weighted by atomic mass is 16.5. The van der Waals surface area contributed by atoms with Crippen LogP contribution in [0.2, 0.25) is 0 Å². The highest BCUT2D eigenvalue weighted by Gasteiger charge is 2.36. The van der Waals surface area contributed by atoms with Crippen molar-refractivity contribution in [2.45, 2.75) is 52.2 Å². The zero-order valence-corrected chi connectivity index (χ0v) is 22.9. The average molecular weight is 531 g/mol. The van der Waals surface area contributed by atoms with E-state index in [9.17, 15) is 14.4 Å². The first-order valence-electron chi connectivity index (χ1n) is 13.0. The number of ether oxygens (including phenoxy) is 1. The Labute approximate surface area is 227 Å². The monoisotopic (exact) mass is 530 g/mol. The molecule has 0 saturated heterocycles. The molecule has 0 aliphatic rings. The van der Waals surface area contributed by atoms with E-state index in [4.69, 9.17) is 4.74 Å². The van der Waals surface area contributed by atoms with E-state index in [1.165, 1.54) is 9.58 Å². The number of rotatable bonds is 10. The fourth-order valence-corrected chi connectivity index (χ4v) is 4.28. The molecular formula is C29H34N6O4. The maximum atomic E-state index is 14.1. The topological polar surface area (TPSA) is 111 Å². The normalized spacial score (nSPS) is 12.2. The van der Waals surface area contributed by atoms with Crippen molar-refractivity contribution in [1.29, 1.82) is 0 Å². The number of esters is 1. The van der Waals surface area contributed by atoms with Gasteiger partial charge in [0.15, 0.2) is 6.04 Å². The molecule has 4 aromatic rings. The Kier molecular flexibility index (Phi) is 8.13. The van der Waals surface area contributed by atoms with E-state index in [1.54, 1.807) is 31.2 Å². The molecule has 2 heterocycles. The summed E-state index contributed by atoms with van der Waals surface area (Å²) < 4.78 is 8.45. The van der Waals surface area contributed by atoms with E-state index in [0.29, 0.717) is 34.4 Å². The van der Waals surface area contributed by atoms with Gasteiger partial charge in [-0.2, -0.15) is 0 Å². The zero-order valence-electron chi connectivity index (χ0n) is 22.9. The van der Waals surface area contributed by atoms with Gasteiger partial charge in [-0.15, -0.1) is 5.10 Å². The first-order valence-corrected chi connectivity index (χ1v) is 13.0. The number of carbonyl (C=O) groups excluding carboxylic acids is 3. The van der Waals surface area contributed by atoms with Gasteiger partial charge in [-0.05, 0) is 75.7 Å². The lowest BCUT2D eigenvalue weighted by Gasteiger charge is -2.34. The van der Waals surface area contributed by atoms with Crippen molar-refractivity contribution in [1.82, 2.24) is 24.9 Å². The molecule has 1 N–H and O–H groups in total. The SMILES string of the molecule is CCOC(=O)c1ccc(N(C(=O)Cn2nnc3ccccc32)[C@@H](C(=O)NC(C)(C)CC)c2cccn2C)cc1. The molecule has 39 heavy (non-hydrogen) atoms. The number of aryl methyl sites for hydroxylation is 1. The number of hydrogen-bond acceptors (Lipinski definition) is 6. The molecule has 1 atom stereocenters. The van der Waals surface area contributed by atoms with Crippen LogP contribution in [-0.4, -0.2) is 49.5 Å². The van der Waals surface area contributed by atoms with Gasteiger partial charge in [-0.25, -0.2) is 9.48 Å². The molecule has 0 aliphatic heterocycles. The molecule has 4 rings (SSSR count).